The molecule has 4 heteroatoms. The van der Waals surface area contributed by atoms with E-state index in [2.05, 4.69) is 5.32 Å². The molecule has 0 fully saturated rings. The minimum atomic E-state index is 0.0252. The van der Waals surface area contributed by atoms with Crippen molar-refractivity contribution in [3.8, 4) is 0 Å². The Balaban J connectivity index is 2.30. The first-order valence-corrected chi connectivity index (χ1v) is 6.57. The lowest BCUT2D eigenvalue weighted by Crippen LogP contribution is -2.34. The fraction of sp³-hybridized carbons (Fsp3) is 0.615. The molecule has 3 nitrogen and oxygen atoms in total. The van der Waals surface area contributed by atoms with Crippen LogP contribution in [0.5, 0.6) is 0 Å². The molecule has 1 amide bonds. The standard InChI is InChI=1S/C13H21ClN2O/c1-2-11(15)6-4-8-13(17)16-12-7-3-5-10(14)9-12/h4,6,9,11-12H,2-3,5,7-8,15H2,1H3,(H,16,17)/b6-4-. The topological polar surface area (TPSA) is 55.1 Å². The van der Waals surface area contributed by atoms with Crippen LogP contribution in [0.15, 0.2) is 23.3 Å². The highest BCUT2D eigenvalue weighted by Crippen LogP contribution is 2.20. The van der Waals surface area contributed by atoms with E-state index in [1.807, 2.05) is 25.2 Å². The summed E-state index contributed by atoms with van der Waals surface area (Å²) in [5, 5.41) is 3.80. The molecule has 0 heterocycles. The molecular weight excluding hydrogens is 236 g/mol. The van der Waals surface area contributed by atoms with Crippen molar-refractivity contribution in [2.75, 3.05) is 0 Å². The highest BCUT2D eigenvalue weighted by Gasteiger charge is 2.13. The molecule has 0 aromatic heterocycles. The van der Waals surface area contributed by atoms with Crippen molar-refractivity contribution < 1.29 is 4.79 Å². The summed E-state index contributed by atoms with van der Waals surface area (Å²) < 4.78 is 0. The first-order valence-electron chi connectivity index (χ1n) is 6.19. The number of nitrogens with two attached hydrogens (primary N) is 1. The van der Waals surface area contributed by atoms with Crippen LogP contribution >= 0.6 is 11.6 Å². The lowest BCUT2D eigenvalue weighted by Gasteiger charge is -2.19. The van der Waals surface area contributed by atoms with Crippen LogP contribution in [0.1, 0.15) is 39.0 Å². The van der Waals surface area contributed by atoms with Gasteiger partial charge in [0.15, 0.2) is 0 Å². The average Bonchev–Trinajstić information content (AvgIpc) is 2.28. The Kier molecular flexibility index (Phi) is 6.30. The number of carbonyl (C=O) groups is 1. The number of hydrogen-bond acceptors (Lipinski definition) is 2. The number of hydrogen-bond donors (Lipinski definition) is 2. The van der Waals surface area contributed by atoms with E-state index in [1.165, 1.54) is 0 Å². The van der Waals surface area contributed by atoms with Crippen molar-refractivity contribution in [2.24, 2.45) is 5.73 Å². The monoisotopic (exact) mass is 256 g/mol. The minimum absolute atomic E-state index is 0.0252. The molecule has 0 radical (unpaired) electrons. The van der Waals surface area contributed by atoms with Crippen molar-refractivity contribution in [3.05, 3.63) is 23.3 Å². The summed E-state index contributed by atoms with van der Waals surface area (Å²) in [6.07, 6.45) is 9.86. The minimum Gasteiger partial charge on any atom is -0.350 e. The van der Waals surface area contributed by atoms with E-state index < -0.39 is 0 Å². The SMILES string of the molecule is CCC(N)/C=C\CC(=O)NC1C=C(Cl)CCC1. The van der Waals surface area contributed by atoms with E-state index in [4.69, 9.17) is 17.3 Å². The van der Waals surface area contributed by atoms with Crippen LogP contribution in [0.2, 0.25) is 0 Å². The normalized spacial score (nSPS) is 22.3. The van der Waals surface area contributed by atoms with E-state index in [1.54, 1.807) is 0 Å². The van der Waals surface area contributed by atoms with Gasteiger partial charge in [0.2, 0.25) is 5.91 Å². The molecule has 0 aromatic rings. The first-order chi connectivity index (χ1) is 8.11. The van der Waals surface area contributed by atoms with Crippen molar-refractivity contribution in [3.63, 3.8) is 0 Å². The quantitative estimate of drug-likeness (QED) is 0.743. The van der Waals surface area contributed by atoms with Crippen LogP contribution in [0.4, 0.5) is 0 Å². The second-order valence-electron chi connectivity index (χ2n) is 4.38. The zero-order valence-corrected chi connectivity index (χ0v) is 11.0. The van der Waals surface area contributed by atoms with Crippen molar-refractivity contribution in [2.45, 2.75) is 51.1 Å². The molecule has 3 N–H and O–H groups in total. The van der Waals surface area contributed by atoms with Crippen LogP contribution in [0.25, 0.3) is 0 Å². The van der Waals surface area contributed by atoms with Gasteiger partial charge in [-0.05, 0) is 31.8 Å². The van der Waals surface area contributed by atoms with Crippen molar-refractivity contribution in [1.29, 1.82) is 0 Å². The predicted molar refractivity (Wildman–Crippen MR) is 71.7 cm³/mol. The molecule has 96 valence electrons. The van der Waals surface area contributed by atoms with E-state index in [9.17, 15) is 4.79 Å². The zero-order valence-electron chi connectivity index (χ0n) is 10.3. The molecule has 0 aromatic carbocycles. The van der Waals surface area contributed by atoms with E-state index >= 15 is 0 Å². The summed E-state index contributed by atoms with van der Waals surface area (Å²) >= 11 is 5.94. The maximum Gasteiger partial charge on any atom is 0.224 e. The molecule has 0 saturated heterocycles. The van der Waals surface area contributed by atoms with Gasteiger partial charge in [0.1, 0.15) is 0 Å². The van der Waals surface area contributed by atoms with Gasteiger partial charge in [-0.2, -0.15) is 0 Å². The van der Waals surface area contributed by atoms with E-state index in [0.29, 0.717) is 6.42 Å². The molecule has 2 unspecified atom stereocenters. The van der Waals surface area contributed by atoms with Crippen LogP contribution in [-0.2, 0) is 4.79 Å². The van der Waals surface area contributed by atoms with E-state index in [-0.39, 0.29) is 18.0 Å². The molecule has 1 aliphatic carbocycles. The van der Waals surface area contributed by atoms with Crippen LogP contribution in [0.3, 0.4) is 0 Å². The van der Waals surface area contributed by atoms with Crippen LogP contribution in [0, 0.1) is 0 Å². The molecule has 0 spiro atoms. The van der Waals surface area contributed by atoms with Gasteiger partial charge in [-0.3, -0.25) is 4.79 Å². The lowest BCUT2D eigenvalue weighted by molar-refractivity contribution is -0.120. The largest absolute Gasteiger partial charge is 0.350 e. The third kappa shape index (κ3) is 5.89. The Hall–Kier alpha value is -0.800. The van der Waals surface area contributed by atoms with Gasteiger partial charge in [0, 0.05) is 23.5 Å². The zero-order chi connectivity index (χ0) is 12.7. The summed E-state index contributed by atoms with van der Waals surface area (Å²) in [6.45, 7) is 2.02. The summed E-state index contributed by atoms with van der Waals surface area (Å²) in [7, 11) is 0. The molecule has 1 aliphatic rings. The fourth-order valence-corrected chi connectivity index (χ4v) is 2.03. The maximum absolute atomic E-state index is 11.6. The van der Waals surface area contributed by atoms with Gasteiger partial charge in [0.25, 0.3) is 0 Å². The van der Waals surface area contributed by atoms with Crippen molar-refractivity contribution in [1.82, 2.24) is 5.32 Å². The Labute approximate surface area is 108 Å². The number of carbonyl (C=O) groups excluding carboxylic acids is 1. The number of rotatable bonds is 5. The Morgan fingerprint density at radius 1 is 1.76 bits per heavy atom. The van der Waals surface area contributed by atoms with Gasteiger partial charge in [0.05, 0.1) is 0 Å². The number of allylic oxidation sites excluding steroid dienone is 1. The number of amides is 1. The molecule has 0 bridgehead atoms. The summed E-state index contributed by atoms with van der Waals surface area (Å²) in [4.78, 5) is 11.6. The lowest BCUT2D eigenvalue weighted by atomic mass is 10.0. The second kappa shape index (κ2) is 7.51. The third-order valence-corrected chi connectivity index (χ3v) is 3.13. The predicted octanol–water partition coefficient (Wildman–Crippen LogP) is 2.46. The van der Waals surface area contributed by atoms with Gasteiger partial charge < -0.3 is 11.1 Å². The van der Waals surface area contributed by atoms with Gasteiger partial charge >= 0.3 is 0 Å². The van der Waals surface area contributed by atoms with Crippen LogP contribution in [-0.4, -0.2) is 18.0 Å². The molecule has 0 saturated carbocycles. The van der Waals surface area contributed by atoms with Gasteiger partial charge in [-0.25, -0.2) is 0 Å². The van der Waals surface area contributed by atoms with E-state index in [0.717, 1.165) is 30.7 Å². The Morgan fingerprint density at radius 3 is 3.18 bits per heavy atom. The number of halogens is 1. The van der Waals surface area contributed by atoms with Crippen LogP contribution < -0.4 is 11.1 Å². The summed E-state index contributed by atoms with van der Waals surface area (Å²) in [5.74, 6) is 0.0252. The average molecular weight is 257 g/mol. The molecule has 17 heavy (non-hydrogen) atoms. The fourth-order valence-electron chi connectivity index (χ4n) is 1.74. The summed E-state index contributed by atoms with van der Waals surface area (Å²) in [5.41, 5.74) is 5.72. The van der Waals surface area contributed by atoms with Gasteiger partial charge in [-0.15, -0.1) is 0 Å². The Morgan fingerprint density at radius 2 is 2.53 bits per heavy atom. The second-order valence-corrected chi connectivity index (χ2v) is 4.87. The first kappa shape index (κ1) is 14.3. The summed E-state index contributed by atoms with van der Waals surface area (Å²) in [6, 6.07) is 0.142. The smallest absolute Gasteiger partial charge is 0.224 e. The number of nitrogens with one attached hydrogen (secondary N) is 1. The molecular formula is C13H21ClN2O. The molecule has 1 rings (SSSR count). The highest BCUT2D eigenvalue weighted by molar-refractivity contribution is 6.29. The third-order valence-electron chi connectivity index (χ3n) is 2.82. The van der Waals surface area contributed by atoms with Crippen molar-refractivity contribution >= 4 is 17.5 Å². The van der Waals surface area contributed by atoms with Gasteiger partial charge in [-0.1, -0.05) is 30.7 Å². The molecule has 0 aliphatic heterocycles. The Bertz CT molecular complexity index is 313. The highest BCUT2D eigenvalue weighted by atomic mass is 35.5. The molecule has 2 atom stereocenters. The maximum atomic E-state index is 11.6.